The van der Waals surface area contributed by atoms with Crippen LogP contribution >= 0.6 is 0 Å². The van der Waals surface area contributed by atoms with Crippen molar-refractivity contribution in [2.24, 2.45) is 16.7 Å². The highest BCUT2D eigenvalue weighted by Gasteiger charge is 2.64. The summed E-state index contributed by atoms with van der Waals surface area (Å²) in [6.07, 6.45) is 4.33. The lowest BCUT2D eigenvalue weighted by Gasteiger charge is -2.39. The Morgan fingerprint density at radius 3 is 2.36 bits per heavy atom. The number of hydrogen-bond donors (Lipinski definition) is 0. The lowest BCUT2D eigenvalue weighted by Crippen LogP contribution is -2.42. The van der Waals surface area contributed by atoms with Crippen LogP contribution in [0.4, 0.5) is 0 Å². The number of fused-ring (bicyclic) bond motifs is 6. The zero-order valence-electron chi connectivity index (χ0n) is 16.8. The summed E-state index contributed by atoms with van der Waals surface area (Å²) < 4.78 is 5.40. The van der Waals surface area contributed by atoms with Crippen LogP contribution in [0.1, 0.15) is 87.5 Å². The van der Waals surface area contributed by atoms with E-state index in [4.69, 9.17) is 0 Å². The van der Waals surface area contributed by atoms with Crippen LogP contribution in [-0.4, -0.2) is 13.9 Å². The fraction of sp³-hybridized carbons (Fsp3) is 0.652. The van der Waals surface area contributed by atoms with Crippen molar-refractivity contribution in [3.05, 3.63) is 56.4 Å². The van der Waals surface area contributed by atoms with Gasteiger partial charge in [-0.3, -0.25) is 0 Å². The number of hydrogen-bond acceptors (Lipinski definition) is 2. The zero-order chi connectivity index (χ0) is 19.2. The molecular formula is C23H27N3O2. The van der Waals surface area contributed by atoms with Gasteiger partial charge in [0.25, 0.3) is 0 Å². The molecule has 146 valence electrons. The first-order chi connectivity index (χ1) is 13.4. The third-order valence-electron chi connectivity index (χ3n) is 10.1. The second kappa shape index (κ2) is 4.42. The lowest BCUT2D eigenvalue weighted by atomic mass is 9.69. The third-order valence-corrected chi connectivity index (χ3v) is 10.1. The van der Waals surface area contributed by atoms with Gasteiger partial charge in [0.2, 0.25) is 0 Å². The Bertz CT molecular complexity index is 1170. The van der Waals surface area contributed by atoms with E-state index in [0.29, 0.717) is 17.8 Å². The molecule has 7 atom stereocenters. The summed E-state index contributed by atoms with van der Waals surface area (Å²) in [5, 5.41) is 0. The van der Waals surface area contributed by atoms with Gasteiger partial charge in [-0.05, 0) is 53.6 Å². The zero-order valence-corrected chi connectivity index (χ0v) is 16.8. The van der Waals surface area contributed by atoms with E-state index in [1.807, 2.05) is 9.36 Å². The SMILES string of the molecule is CC1(C)[C@H]2CC[C@@]1(C)[C@@H](n1c(=O)n3n(c1=O)[C@H]1C[C@H]4c5ccccc5[C@H]1[C@H]43)C2. The predicted molar refractivity (Wildman–Crippen MR) is 106 cm³/mol. The molecule has 0 spiro atoms. The maximum Gasteiger partial charge on any atom is 0.347 e. The van der Waals surface area contributed by atoms with Crippen LogP contribution in [0.2, 0.25) is 0 Å². The molecule has 6 bridgehead atoms. The summed E-state index contributed by atoms with van der Waals surface area (Å²) in [6.45, 7) is 7.01. The van der Waals surface area contributed by atoms with Gasteiger partial charge in [0.1, 0.15) is 0 Å². The summed E-state index contributed by atoms with van der Waals surface area (Å²) in [7, 11) is 0. The molecule has 0 N–H and O–H groups in total. The van der Waals surface area contributed by atoms with Crippen molar-refractivity contribution in [1.82, 2.24) is 13.9 Å². The summed E-state index contributed by atoms with van der Waals surface area (Å²) in [5.74, 6) is 1.32. The molecule has 1 aromatic heterocycles. The summed E-state index contributed by atoms with van der Waals surface area (Å²) in [6, 6.07) is 8.97. The van der Waals surface area contributed by atoms with Crippen molar-refractivity contribution in [2.45, 2.75) is 76.4 Å². The number of benzene rings is 1. The van der Waals surface area contributed by atoms with Crippen molar-refractivity contribution in [3.63, 3.8) is 0 Å². The Kier molecular flexibility index (Phi) is 2.50. The molecule has 28 heavy (non-hydrogen) atoms. The Morgan fingerprint density at radius 1 is 0.964 bits per heavy atom. The molecule has 4 aliphatic carbocycles. The molecule has 2 aromatic rings. The van der Waals surface area contributed by atoms with Gasteiger partial charge in [-0.2, -0.15) is 0 Å². The molecule has 5 heteroatoms. The van der Waals surface area contributed by atoms with Gasteiger partial charge < -0.3 is 0 Å². The summed E-state index contributed by atoms with van der Waals surface area (Å²) in [4.78, 5) is 27.2. The molecular weight excluding hydrogens is 350 g/mol. The topological polar surface area (TPSA) is 48.9 Å². The van der Waals surface area contributed by atoms with Gasteiger partial charge in [-0.25, -0.2) is 23.5 Å². The lowest BCUT2D eigenvalue weighted by molar-refractivity contribution is 0.103. The van der Waals surface area contributed by atoms with Crippen molar-refractivity contribution in [1.29, 1.82) is 0 Å². The van der Waals surface area contributed by atoms with Crippen molar-refractivity contribution >= 4 is 0 Å². The Hall–Kier alpha value is -2.04. The van der Waals surface area contributed by atoms with Gasteiger partial charge >= 0.3 is 11.4 Å². The third kappa shape index (κ3) is 1.37. The Labute approximate surface area is 164 Å². The van der Waals surface area contributed by atoms with Crippen LogP contribution in [0.3, 0.4) is 0 Å². The molecule has 2 heterocycles. The number of rotatable bonds is 1. The van der Waals surface area contributed by atoms with Crippen molar-refractivity contribution < 1.29 is 0 Å². The molecule has 1 aromatic carbocycles. The normalized spacial score (nSPS) is 43.0. The highest BCUT2D eigenvalue weighted by Crippen LogP contribution is 2.70. The van der Waals surface area contributed by atoms with E-state index in [1.54, 1.807) is 4.57 Å². The van der Waals surface area contributed by atoms with Crippen molar-refractivity contribution in [2.75, 3.05) is 0 Å². The fourth-order valence-corrected chi connectivity index (χ4v) is 8.33. The van der Waals surface area contributed by atoms with Crippen LogP contribution in [0.15, 0.2) is 33.9 Å². The van der Waals surface area contributed by atoms with E-state index in [-0.39, 0.29) is 40.3 Å². The van der Waals surface area contributed by atoms with E-state index >= 15 is 0 Å². The second-order valence-electron chi connectivity index (χ2n) is 10.8. The average Bonchev–Trinajstić information content (AvgIpc) is 3.44. The highest BCUT2D eigenvalue weighted by molar-refractivity contribution is 5.46. The van der Waals surface area contributed by atoms with Gasteiger partial charge in [0.15, 0.2) is 0 Å². The van der Waals surface area contributed by atoms with Gasteiger partial charge in [0.05, 0.1) is 12.1 Å². The minimum Gasteiger partial charge on any atom is -0.246 e. The minimum absolute atomic E-state index is 0.0326. The quantitative estimate of drug-likeness (QED) is 0.763. The fourth-order valence-electron chi connectivity index (χ4n) is 8.33. The monoisotopic (exact) mass is 377 g/mol. The van der Waals surface area contributed by atoms with E-state index in [9.17, 15) is 9.59 Å². The first-order valence-corrected chi connectivity index (χ1v) is 10.9. The van der Waals surface area contributed by atoms with Gasteiger partial charge in [0, 0.05) is 17.9 Å². The molecule has 3 saturated carbocycles. The summed E-state index contributed by atoms with van der Waals surface area (Å²) >= 11 is 0. The summed E-state index contributed by atoms with van der Waals surface area (Å²) in [5.41, 5.74) is 2.90. The van der Waals surface area contributed by atoms with Crippen LogP contribution in [0.25, 0.3) is 0 Å². The van der Waals surface area contributed by atoms with Crippen LogP contribution in [-0.2, 0) is 0 Å². The van der Waals surface area contributed by atoms with E-state index in [0.717, 1.165) is 19.3 Å². The van der Waals surface area contributed by atoms with Crippen LogP contribution in [0.5, 0.6) is 0 Å². The van der Waals surface area contributed by atoms with Crippen LogP contribution in [0, 0.1) is 16.7 Å². The maximum atomic E-state index is 13.7. The van der Waals surface area contributed by atoms with E-state index in [1.165, 1.54) is 17.5 Å². The molecule has 5 aliphatic rings. The standard InChI is InChI=1S/C23H27N3O2/c1-22(2)12-8-9-23(22,3)17(10-12)24-20(27)25-16-11-15-13-6-4-5-7-14(13)18(16)19(15)26(25)21(24)28/h4-7,12,15-19H,8-11H2,1-3H3/t12-,15-,16-,17-,18+,19-,23-/m0/s1. The molecule has 0 radical (unpaired) electrons. The molecule has 3 fully saturated rings. The second-order valence-corrected chi connectivity index (χ2v) is 10.8. The molecule has 5 nitrogen and oxygen atoms in total. The molecule has 0 unspecified atom stereocenters. The van der Waals surface area contributed by atoms with Crippen LogP contribution < -0.4 is 11.4 Å². The Balaban J connectivity index is 1.41. The smallest absolute Gasteiger partial charge is 0.246 e. The van der Waals surface area contributed by atoms with Gasteiger partial charge in [-0.1, -0.05) is 45.0 Å². The predicted octanol–water partition coefficient (Wildman–Crippen LogP) is 3.58. The highest BCUT2D eigenvalue weighted by atomic mass is 16.2. The molecule has 0 saturated heterocycles. The van der Waals surface area contributed by atoms with E-state index < -0.39 is 0 Å². The van der Waals surface area contributed by atoms with Crippen molar-refractivity contribution in [3.8, 4) is 0 Å². The van der Waals surface area contributed by atoms with E-state index in [2.05, 4.69) is 45.0 Å². The van der Waals surface area contributed by atoms with Gasteiger partial charge in [-0.15, -0.1) is 0 Å². The number of aromatic nitrogens is 3. The minimum atomic E-state index is -0.0467. The average molecular weight is 377 g/mol. The first-order valence-electron chi connectivity index (χ1n) is 10.9. The molecule has 1 aliphatic heterocycles. The number of nitrogens with zero attached hydrogens (tertiary/aromatic N) is 3. The maximum absolute atomic E-state index is 13.7. The Morgan fingerprint density at radius 2 is 1.68 bits per heavy atom. The molecule has 0 amide bonds. The first kappa shape index (κ1) is 15.8. The largest absolute Gasteiger partial charge is 0.347 e. The molecule has 7 rings (SSSR count).